The molecule has 1 amide bonds. The first-order valence-electron chi connectivity index (χ1n) is 13.1. The Morgan fingerprint density at radius 3 is 2.26 bits per heavy atom. The van der Waals surface area contributed by atoms with Crippen LogP contribution in [0.5, 0.6) is 0 Å². The Kier molecular flexibility index (Phi) is 8.21. The summed E-state index contributed by atoms with van der Waals surface area (Å²) in [5.74, 6) is 0.846. The monoisotopic (exact) mass is 543 g/mol. The van der Waals surface area contributed by atoms with Crippen molar-refractivity contribution in [3.8, 4) is 0 Å². The average molecular weight is 544 g/mol. The SMILES string of the molecule is Cc1nccn1Cc1cccc(CNC(=O)c2cccc(CN3CCN(S(=O)(=O)c4ccccc4)CC3)c2)c1. The first-order chi connectivity index (χ1) is 18.9. The molecule has 1 aromatic heterocycles. The molecule has 0 atom stereocenters. The first kappa shape index (κ1) is 26.8. The van der Waals surface area contributed by atoms with Crippen molar-refractivity contribution in [2.75, 3.05) is 26.2 Å². The van der Waals surface area contributed by atoms with Gasteiger partial charge < -0.3 is 9.88 Å². The lowest BCUT2D eigenvalue weighted by Gasteiger charge is -2.34. The van der Waals surface area contributed by atoms with Gasteiger partial charge in [-0.05, 0) is 47.9 Å². The van der Waals surface area contributed by atoms with Gasteiger partial charge >= 0.3 is 0 Å². The minimum atomic E-state index is -3.47. The second-order valence-electron chi connectivity index (χ2n) is 9.80. The number of amides is 1. The van der Waals surface area contributed by atoms with Crippen LogP contribution in [0.3, 0.4) is 0 Å². The summed E-state index contributed by atoms with van der Waals surface area (Å²) in [5, 5.41) is 3.04. The topological polar surface area (TPSA) is 87.5 Å². The molecule has 3 aromatic carbocycles. The molecule has 1 aliphatic rings. The Hall–Kier alpha value is -3.79. The normalized spacial score (nSPS) is 14.8. The van der Waals surface area contributed by atoms with E-state index in [1.807, 2.05) is 55.6 Å². The summed E-state index contributed by atoms with van der Waals surface area (Å²) in [7, 11) is -3.47. The lowest BCUT2D eigenvalue weighted by atomic mass is 10.1. The standard InChI is InChI=1S/C30H33N5O3S/c1-24-31-13-14-34(24)23-26-8-5-7-25(19-26)21-32-30(36)28-10-6-9-27(20-28)22-33-15-17-35(18-16-33)39(37,38)29-11-3-2-4-12-29/h2-14,19-20H,15-18,21-23H2,1H3,(H,32,36). The number of aryl methyl sites for hydroxylation is 1. The zero-order valence-corrected chi connectivity index (χ0v) is 22.8. The van der Waals surface area contributed by atoms with Crippen molar-refractivity contribution in [2.24, 2.45) is 0 Å². The van der Waals surface area contributed by atoms with Crippen molar-refractivity contribution >= 4 is 15.9 Å². The summed E-state index contributed by atoms with van der Waals surface area (Å²) in [6.45, 7) is 5.98. The molecule has 5 rings (SSSR count). The molecule has 1 N–H and O–H groups in total. The maximum Gasteiger partial charge on any atom is 0.251 e. The molecule has 2 heterocycles. The number of piperazine rings is 1. The van der Waals surface area contributed by atoms with Crippen LogP contribution in [0.2, 0.25) is 0 Å². The number of benzene rings is 3. The number of rotatable bonds is 9. The molecule has 0 spiro atoms. The van der Waals surface area contributed by atoms with E-state index in [2.05, 4.69) is 31.9 Å². The van der Waals surface area contributed by atoms with Crippen molar-refractivity contribution in [3.05, 3.63) is 119 Å². The molecular weight excluding hydrogens is 510 g/mol. The van der Waals surface area contributed by atoms with E-state index in [4.69, 9.17) is 0 Å². The maximum absolute atomic E-state index is 12.9. The Morgan fingerprint density at radius 2 is 1.54 bits per heavy atom. The van der Waals surface area contributed by atoms with Crippen LogP contribution < -0.4 is 5.32 Å². The maximum atomic E-state index is 12.9. The second kappa shape index (κ2) is 11.9. The smallest absolute Gasteiger partial charge is 0.251 e. The van der Waals surface area contributed by atoms with Crippen LogP contribution >= 0.6 is 0 Å². The lowest BCUT2D eigenvalue weighted by Crippen LogP contribution is -2.48. The van der Waals surface area contributed by atoms with E-state index in [1.54, 1.807) is 34.8 Å². The zero-order valence-electron chi connectivity index (χ0n) is 22.0. The summed E-state index contributed by atoms with van der Waals surface area (Å²) in [4.78, 5) is 19.8. The van der Waals surface area contributed by atoms with E-state index < -0.39 is 10.0 Å². The number of sulfonamides is 1. The summed E-state index contributed by atoms with van der Waals surface area (Å²) < 4.78 is 29.4. The second-order valence-corrected chi connectivity index (χ2v) is 11.7. The van der Waals surface area contributed by atoms with Gasteiger partial charge in [0.2, 0.25) is 10.0 Å². The van der Waals surface area contributed by atoms with Crippen LogP contribution in [-0.4, -0.2) is 59.3 Å². The van der Waals surface area contributed by atoms with E-state index in [0.717, 1.165) is 29.1 Å². The Morgan fingerprint density at radius 1 is 0.846 bits per heavy atom. The number of carbonyl (C=O) groups is 1. The third-order valence-electron chi connectivity index (χ3n) is 7.03. The van der Waals surface area contributed by atoms with Gasteiger partial charge in [0.1, 0.15) is 5.82 Å². The highest BCUT2D eigenvalue weighted by atomic mass is 32.2. The number of aromatic nitrogens is 2. The molecule has 1 saturated heterocycles. The highest BCUT2D eigenvalue weighted by molar-refractivity contribution is 7.89. The van der Waals surface area contributed by atoms with Crippen molar-refractivity contribution in [3.63, 3.8) is 0 Å². The molecule has 0 unspecified atom stereocenters. The fraction of sp³-hybridized carbons (Fsp3) is 0.267. The van der Waals surface area contributed by atoms with E-state index >= 15 is 0 Å². The van der Waals surface area contributed by atoms with Crippen LogP contribution in [0.15, 0.2) is 96.2 Å². The minimum absolute atomic E-state index is 0.119. The van der Waals surface area contributed by atoms with Gasteiger partial charge in [-0.3, -0.25) is 9.69 Å². The van der Waals surface area contributed by atoms with Crippen LogP contribution in [0, 0.1) is 6.92 Å². The molecule has 0 radical (unpaired) electrons. The van der Waals surface area contributed by atoms with Gasteiger partial charge in [-0.2, -0.15) is 4.31 Å². The molecule has 39 heavy (non-hydrogen) atoms. The van der Waals surface area contributed by atoms with Crippen molar-refractivity contribution in [1.82, 2.24) is 24.1 Å². The van der Waals surface area contributed by atoms with Crippen molar-refractivity contribution in [1.29, 1.82) is 0 Å². The average Bonchev–Trinajstić information content (AvgIpc) is 3.36. The Bertz CT molecular complexity index is 1530. The van der Waals surface area contributed by atoms with Gasteiger partial charge in [0, 0.05) is 63.8 Å². The van der Waals surface area contributed by atoms with Gasteiger partial charge in [-0.15, -0.1) is 0 Å². The molecule has 1 aliphatic heterocycles. The number of nitrogens with one attached hydrogen (secondary N) is 1. The van der Waals surface area contributed by atoms with Gasteiger partial charge in [0.05, 0.1) is 4.90 Å². The number of nitrogens with zero attached hydrogens (tertiary/aromatic N) is 4. The summed E-state index contributed by atoms with van der Waals surface area (Å²) in [6.07, 6.45) is 3.76. The molecular formula is C30H33N5O3S. The van der Waals surface area contributed by atoms with E-state index in [1.165, 1.54) is 0 Å². The molecule has 8 nitrogen and oxygen atoms in total. The Balaban J connectivity index is 1.14. The molecule has 1 fully saturated rings. The minimum Gasteiger partial charge on any atom is -0.348 e. The zero-order chi connectivity index (χ0) is 27.2. The number of hydrogen-bond donors (Lipinski definition) is 1. The number of hydrogen-bond acceptors (Lipinski definition) is 5. The fourth-order valence-corrected chi connectivity index (χ4v) is 6.27. The van der Waals surface area contributed by atoms with E-state index in [9.17, 15) is 13.2 Å². The number of carbonyl (C=O) groups excluding carboxylic acids is 1. The number of imidazole rings is 1. The van der Waals surface area contributed by atoms with E-state index in [0.29, 0.717) is 49.7 Å². The van der Waals surface area contributed by atoms with Crippen LogP contribution in [0.1, 0.15) is 32.9 Å². The summed E-state index contributed by atoms with van der Waals surface area (Å²) >= 11 is 0. The summed E-state index contributed by atoms with van der Waals surface area (Å²) in [5.41, 5.74) is 3.84. The van der Waals surface area contributed by atoms with Crippen LogP contribution in [-0.2, 0) is 29.7 Å². The third kappa shape index (κ3) is 6.62. The first-order valence-corrected chi connectivity index (χ1v) is 14.5. The predicted octanol–water partition coefficient (Wildman–Crippen LogP) is 3.68. The molecule has 0 saturated carbocycles. The largest absolute Gasteiger partial charge is 0.348 e. The quantitative estimate of drug-likeness (QED) is 0.348. The summed E-state index contributed by atoms with van der Waals surface area (Å²) in [6, 6.07) is 24.4. The van der Waals surface area contributed by atoms with Crippen molar-refractivity contribution in [2.45, 2.75) is 31.5 Å². The van der Waals surface area contributed by atoms with Crippen molar-refractivity contribution < 1.29 is 13.2 Å². The predicted molar refractivity (Wildman–Crippen MR) is 151 cm³/mol. The Labute approximate surface area is 230 Å². The van der Waals surface area contributed by atoms with Gasteiger partial charge in [0.15, 0.2) is 0 Å². The van der Waals surface area contributed by atoms with E-state index in [-0.39, 0.29) is 5.91 Å². The molecule has 0 aliphatic carbocycles. The molecule has 9 heteroatoms. The third-order valence-corrected chi connectivity index (χ3v) is 8.94. The lowest BCUT2D eigenvalue weighted by molar-refractivity contribution is 0.0950. The van der Waals surface area contributed by atoms with Gasteiger partial charge in [-0.1, -0.05) is 54.6 Å². The van der Waals surface area contributed by atoms with Gasteiger partial charge in [0.25, 0.3) is 5.91 Å². The highest BCUT2D eigenvalue weighted by Crippen LogP contribution is 2.18. The van der Waals surface area contributed by atoms with Crippen LogP contribution in [0.4, 0.5) is 0 Å². The van der Waals surface area contributed by atoms with Crippen LogP contribution in [0.25, 0.3) is 0 Å². The highest BCUT2D eigenvalue weighted by Gasteiger charge is 2.28. The fourth-order valence-electron chi connectivity index (χ4n) is 4.83. The molecule has 202 valence electrons. The van der Waals surface area contributed by atoms with Gasteiger partial charge in [-0.25, -0.2) is 13.4 Å². The molecule has 4 aromatic rings. The molecule has 0 bridgehead atoms.